The van der Waals surface area contributed by atoms with Crippen molar-refractivity contribution in [3.63, 3.8) is 0 Å². The van der Waals surface area contributed by atoms with Crippen LogP contribution in [-0.4, -0.2) is 46.2 Å². The van der Waals surface area contributed by atoms with Crippen molar-refractivity contribution < 1.29 is 36.2 Å². The highest BCUT2D eigenvalue weighted by Crippen LogP contribution is 2.41. The average Bonchev–Trinajstić information content (AvgIpc) is 3.25. The second-order valence-corrected chi connectivity index (χ2v) is 8.44. The molecule has 0 unspecified atom stereocenters. The summed E-state index contributed by atoms with van der Waals surface area (Å²) < 4.78 is 65.5. The van der Waals surface area contributed by atoms with Crippen LogP contribution in [-0.2, 0) is 9.47 Å². The Morgan fingerprint density at radius 1 is 1.09 bits per heavy atom. The van der Waals surface area contributed by atoms with Crippen molar-refractivity contribution in [3.8, 4) is 0 Å². The summed E-state index contributed by atoms with van der Waals surface area (Å²) in [6.45, 7) is 0.220. The van der Waals surface area contributed by atoms with Crippen LogP contribution < -0.4 is 5.32 Å². The number of ether oxygens (including phenoxy) is 2. The molecule has 3 heterocycles. The molecule has 12 heteroatoms. The van der Waals surface area contributed by atoms with Crippen molar-refractivity contribution >= 4 is 16.8 Å². The second-order valence-electron chi connectivity index (χ2n) is 8.44. The minimum atomic E-state index is -4.65. The van der Waals surface area contributed by atoms with Crippen LogP contribution >= 0.6 is 0 Å². The minimum absolute atomic E-state index is 0.165. The van der Waals surface area contributed by atoms with E-state index >= 15 is 0 Å². The molecule has 2 aromatic heterocycles. The number of nitrogens with zero attached hydrogens (tertiary/aromatic N) is 3. The van der Waals surface area contributed by atoms with Crippen LogP contribution in [0.5, 0.6) is 0 Å². The first kappa shape index (κ1) is 22.7. The SMILES string of the molecule is O=C(N[C@H]1CC[C@H](c2nnc(C3CC(OC(F)(F)F)C3)o2)OC1)c1ccc2cc(F)ccc2n1. The maximum atomic E-state index is 13.3. The highest BCUT2D eigenvalue weighted by atomic mass is 19.4. The molecular formula is C22H20F4N4O4. The van der Waals surface area contributed by atoms with Gasteiger partial charge in [0.05, 0.1) is 24.3 Å². The van der Waals surface area contributed by atoms with Crippen molar-refractivity contribution in [1.82, 2.24) is 20.5 Å². The van der Waals surface area contributed by atoms with Gasteiger partial charge in [-0.15, -0.1) is 23.4 Å². The molecule has 2 fully saturated rings. The number of aromatic nitrogens is 3. The van der Waals surface area contributed by atoms with Gasteiger partial charge in [-0.05, 0) is 49.9 Å². The van der Waals surface area contributed by atoms with Crippen LogP contribution in [0.3, 0.4) is 0 Å². The lowest BCUT2D eigenvalue weighted by Crippen LogP contribution is -2.41. The Morgan fingerprint density at radius 2 is 1.88 bits per heavy atom. The van der Waals surface area contributed by atoms with E-state index in [0.717, 1.165) is 0 Å². The van der Waals surface area contributed by atoms with Crippen molar-refractivity contribution in [3.05, 3.63) is 53.6 Å². The van der Waals surface area contributed by atoms with Gasteiger partial charge in [-0.2, -0.15) is 0 Å². The molecule has 0 spiro atoms. The maximum absolute atomic E-state index is 13.3. The molecule has 1 N–H and O–H groups in total. The highest BCUT2D eigenvalue weighted by Gasteiger charge is 2.42. The predicted octanol–water partition coefficient (Wildman–Crippen LogP) is 4.19. The topological polar surface area (TPSA) is 99.4 Å². The van der Waals surface area contributed by atoms with Gasteiger partial charge in [-0.25, -0.2) is 9.37 Å². The van der Waals surface area contributed by atoms with E-state index in [1.165, 1.54) is 24.3 Å². The first-order valence-corrected chi connectivity index (χ1v) is 10.8. The van der Waals surface area contributed by atoms with Gasteiger partial charge in [-0.1, -0.05) is 6.07 Å². The average molecular weight is 480 g/mol. The molecule has 1 saturated heterocycles. The number of nitrogens with one attached hydrogen (secondary N) is 1. The molecule has 2 aliphatic rings. The Kier molecular flexibility index (Phi) is 5.94. The fourth-order valence-electron chi connectivity index (χ4n) is 4.14. The van der Waals surface area contributed by atoms with Gasteiger partial charge in [-0.3, -0.25) is 9.53 Å². The van der Waals surface area contributed by atoms with Crippen LogP contribution in [0, 0.1) is 5.82 Å². The first-order valence-electron chi connectivity index (χ1n) is 10.8. The van der Waals surface area contributed by atoms with Crippen molar-refractivity contribution in [2.75, 3.05) is 6.61 Å². The van der Waals surface area contributed by atoms with Crippen LogP contribution in [0.2, 0.25) is 0 Å². The molecule has 34 heavy (non-hydrogen) atoms. The van der Waals surface area contributed by atoms with Crippen molar-refractivity contribution in [1.29, 1.82) is 0 Å². The number of carbonyl (C=O) groups excluding carboxylic acids is 1. The van der Waals surface area contributed by atoms with Crippen LogP contribution in [0.1, 0.15) is 60.0 Å². The number of alkyl halides is 3. The van der Waals surface area contributed by atoms with E-state index in [1.807, 2.05) is 0 Å². The third-order valence-electron chi connectivity index (χ3n) is 5.97. The maximum Gasteiger partial charge on any atom is 0.522 e. The number of amides is 1. The summed E-state index contributed by atoms with van der Waals surface area (Å²) in [4.78, 5) is 16.9. The summed E-state index contributed by atoms with van der Waals surface area (Å²) in [5.41, 5.74) is 0.736. The second kappa shape index (κ2) is 8.91. The predicted molar refractivity (Wildman–Crippen MR) is 108 cm³/mol. The zero-order valence-electron chi connectivity index (χ0n) is 17.7. The molecular weight excluding hydrogens is 460 g/mol. The van der Waals surface area contributed by atoms with E-state index in [1.54, 1.807) is 6.07 Å². The Balaban J connectivity index is 1.12. The van der Waals surface area contributed by atoms with E-state index in [4.69, 9.17) is 9.15 Å². The van der Waals surface area contributed by atoms with Gasteiger partial charge < -0.3 is 14.5 Å². The molecule has 3 aromatic rings. The molecule has 1 amide bonds. The van der Waals surface area contributed by atoms with Crippen molar-refractivity contribution in [2.45, 2.75) is 56.2 Å². The lowest BCUT2D eigenvalue weighted by molar-refractivity contribution is -0.352. The minimum Gasteiger partial charge on any atom is -0.422 e. The quantitative estimate of drug-likeness (QED) is 0.547. The van der Waals surface area contributed by atoms with Gasteiger partial charge in [0.15, 0.2) is 0 Å². The highest BCUT2D eigenvalue weighted by molar-refractivity contribution is 5.95. The Morgan fingerprint density at radius 3 is 2.62 bits per heavy atom. The number of benzene rings is 1. The fourth-order valence-corrected chi connectivity index (χ4v) is 4.14. The number of pyridine rings is 1. The number of hydrogen-bond acceptors (Lipinski definition) is 7. The molecule has 1 aliphatic carbocycles. The van der Waals surface area contributed by atoms with Gasteiger partial charge in [0.1, 0.15) is 17.6 Å². The Labute approximate surface area is 190 Å². The van der Waals surface area contributed by atoms with E-state index in [2.05, 4.69) is 25.2 Å². The summed E-state index contributed by atoms with van der Waals surface area (Å²) >= 11 is 0. The number of halogens is 4. The normalized spacial score (nSPS) is 25.2. The molecule has 0 radical (unpaired) electrons. The molecule has 0 bridgehead atoms. The monoisotopic (exact) mass is 480 g/mol. The zero-order chi connectivity index (χ0) is 23.9. The summed E-state index contributed by atoms with van der Waals surface area (Å²) in [5, 5.41) is 11.4. The Hall–Kier alpha value is -3.12. The number of fused-ring (bicyclic) bond motifs is 1. The van der Waals surface area contributed by atoms with E-state index in [-0.39, 0.29) is 60.6 Å². The molecule has 1 saturated carbocycles. The standard InChI is InChI=1S/C22H20F4N4O4/c23-13-2-5-16-11(7-13)1-4-17(28-16)19(31)27-14-3-6-18(32-10-14)21-30-29-20(33-21)12-8-15(9-12)34-22(24,25)26/h1-2,4-5,7,12,14-15,18H,3,6,8-10H2,(H,27,31)/t12?,14-,15?,18+/m0/s1. The molecule has 5 rings (SSSR count). The van der Waals surface area contributed by atoms with Crippen LogP contribution in [0.15, 0.2) is 34.7 Å². The van der Waals surface area contributed by atoms with Crippen LogP contribution in [0.25, 0.3) is 10.9 Å². The van der Waals surface area contributed by atoms with E-state index in [0.29, 0.717) is 23.7 Å². The molecule has 1 aliphatic heterocycles. The molecule has 2 atom stereocenters. The molecule has 8 nitrogen and oxygen atoms in total. The third-order valence-corrected chi connectivity index (χ3v) is 5.97. The summed E-state index contributed by atoms with van der Waals surface area (Å²) in [7, 11) is 0. The van der Waals surface area contributed by atoms with Gasteiger partial charge in [0, 0.05) is 11.3 Å². The lowest BCUT2D eigenvalue weighted by Gasteiger charge is -2.33. The summed E-state index contributed by atoms with van der Waals surface area (Å²) in [6.07, 6.45) is -4.56. The number of rotatable bonds is 5. The number of carbonyl (C=O) groups is 1. The zero-order valence-corrected chi connectivity index (χ0v) is 17.7. The fraction of sp³-hybridized carbons (Fsp3) is 0.455. The summed E-state index contributed by atoms with van der Waals surface area (Å²) in [5.74, 6) is -0.461. The van der Waals surface area contributed by atoms with E-state index in [9.17, 15) is 22.4 Å². The van der Waals surface area contributed by atoms with E-state index < -0.39 is 18.6 Å². The van der Waals surface area contributed by atoms with Gasteiger partial charge in [0.2, 0.25) is 11.8 Å². The van der Waals surface area contributed by atoms with Crippen LogP contribution in [0.4, 0.5) is 17.6 Å². The smallest absolute Gasteiger partial charge is 0.422 e. The summed E-state index contributed by atoms with van der Waals surface area (Å²) in [6, 6.07) is 7.08. The van der Waals surface area contributed by atoms with Gasteiger partial charge >= 0.3 is 6.36 Å². The number of hydrogen-bond donors (Lipinski definition) is 1. The third kappa shape index (κ3) is 5.02. The lowest BCUT2D eigenvalue weighted by atomic mass is 9.82. The first-order chi connectivity index (χ1) is 16.2. The molecule has 180 valence electrons. The van der Waals surface area contributed by atoms with Gasteiger partial charge in [0.25, 0.3) is 5.91 Å². The Bertz CT molecular complexity index is 1190. The largest absolute Gasteiger partial charge is 0.522 e. The van der Waals surface area contributed by atoms with Crippen molar-refractivity contribution in [2.24, 2.45) is 0 Å². The molecule has 1 aromatic carbocycles.